The van der Waals surface area contributed by atoms with Crippen LogP contribution in [-0.4, -0.2) is 10.2 Å². The van der Waals surface area contributed by atoms with Crippen LogP contribution in [0.15, 0.2) is 6.07 Å². The van der Waals surface area contributed by atoms with Crippen LogP contribution in [0.5, 0.6) is 0 Å². The molecule has 2 fully saturated rings. The molecule has 0 saturated heterocycles. The molecule has 0 aliphatic heterocycles. The second-order valence-electron chi connectivity index (χ2n) is 7.24. The van der Waals surface area contributed by atoms with Gasteiger partial charge in [0.15, 0.2) is 0 Å². The Hall–Kier alpha value is -0.920. The molecule has 1 spiro atoms. The monoisotopic (exact) mass is 228 g/mol. The van der Waals surface area contributed by atoms with E-state index in [4.69, 9.17) is 0 Å². The first-order valence-electron chi connectivity index (χ1n) is 6.90. The Morgan fingerprint density at radius 2 is 1.82 bits per heavy atom. The highest BCUT2D eigenvalue weighted by atomic mass is 15.1. The van der Waals surface area contributed by atoms with Crippen molar-refractivity contribution in [1.29, 1.82) is 0 Å². The molecule has 1 aromatic rings. The minimum Gasteiger partial charge on any atom is -0.155 e. The van der Waals surface area contributed by atoms with E-state index in [1.807, 2.05) is 0 Å². The molecular weight excluding hydrogens is 208 g/mol. The van der Waals surface area contributed by atoms with Crippen molar-refractivity contribution in [2.24, 2.45) is 5.41 Å². The third kappa shape index (κ3) is 1.12. The summed E-state index contributed by atoms with van der Waals surface area (Å²) in [5.74, 6) is 1.57. The minimum atomic E-state index is 0.126. The van der Waals surface area contributed by atoms with E-state index < -0.39 is 0 Å². The fourth-order valence-electron chi connectivity index (χ4n) is 4.20. The Bertz CT molecular complexity index is 494. The lowest BCUT2D eigenvalue weighted by Gasteiger charge is -2.20. The first-order chi connectivity index (χ1) is 8.02. The quantitative estimate of drug-likeness (QED) is 0.679. The molecule has 1 aromatic heterocycles. The van der Waals surface area contributed by atoms with Gasteiger partial charge in [-0.3, -0.25) is 0 Å². The lowest BCUT2D eigenvalue weighted by Crippen LogP contribution is -2.16. The molecular formula is C15H20N2. The number of rotatable bonds is 0. The maximum absolute atomic E-state index is 4.59. The van der Waals surface area contributed by atoms with E-state index in [9.17, 15) is 0 Å². The average Bonchev–Trinajstić information content (AvgIpc) is 2.91. The SMILES string of the molecule is CC(C)(C)c1cc2c(nn1)[C@@H]1CC[C@H]2C12CC2. The molecule has 2 bridgehead atoms. The zero-order chi connectivity index (χ0) is 11.8. The molecule has 0 unspecified atom stereocenters. The minimum absolute atomic E-state index is 0.126. The molecule has 17 heavy (non-hydrogen) atoms. The van der Waals surface area contributed by atoms with Gasteiger partial charge in [0.1, 0.15) is 0 Å². The number of nitrogens with zero attached hydrogens (tertiary/aromatic N) is 2. The molecule has 4 rings (SSSR count). The van der Waals surface area contributed by atoms with E-state index in [1.165, 1.54) is 37.1 Å². The van der Waals surface area contributed by atoms with Crippen molar-refractivity contribution in [2.45, 2.75) is 63.7 Å². The highest BCUT2D eigenvalue weighted by Crippen LogP contribution is 2.75. The van der Waals surface area contributed by atoms with Gasteiger partial charge >= 0.3 is 0 Å². The van der Waals surface area contributed by atoms with Gasteiger partial charge in [0.25, 0.3) is 0 Å². The zero-order valence-corrected chi connectivity index (χ0v) is 11.0. The Morgan fingerprint density at radius 3 is 2.47 bits per heavy atom. The van der Waals surface area contributed by atoms with Crippen LogP contribution in [0.1, 0.15) is 75.2 Å². The Balaban J connectivity index is 1.86. The Kier molecular flexibility index (Phi) is 1.61. The Labute approximate surface area is 103 Å². The van der Waals surface area contributed by atoms with Gasteiger partial charge in [-0.2, -0.15) is 10.2 Å². The van der Waals surface area contributed by atoms with Gasteiger partial charge in [-0.15, -0.1) is 0 Å². The van der Waals surface area contributed by atoms with E-state index in [-0.39, 0.29) is 5.41 Å². The molecule has 2 atom stereocenters. The summed E-state index contributed by atoms with van der Waals surface area (Å²) in [5.41, 5.74) is 4.85. The van der Waals surface area contributed by atoms with Crippen molar-refractivity contribution < 1.29 is 0 Å². The van der Waals surface area contributed by atoms with Crippen LogP contribution in [0, 0.1) is 5.41 Å². The predicted molar refractivity (Wildman–Crippen MR) is 67.1 cm³/mol. The first kappa shape index (κ1) is 10.0. The van der Waals surface area contributed by atoms with E-state index in [2.05, 4.69) is 37.0 Å². The van der Waals surface area contributed by atoms with Crippen LogP contribution >= 0.6 is 0 Å². The summed E-state index contributed by atoms with van der Waals surface area (Å²) >= 11 is 0. The molecule has 2 nitrogen and oxygen atoms in total. The van der Waals surface area contributed by atoms with Crippen LogP contribution in [0.4, 0.5) is 0 Å². The fourth-order valence-corrected chi connectivity index (χ4v) is 4.20. The normalized spacial score (nSPS) is 31.9. The highest BCUT2D eigenvalue weighted by molar-refractivity contribution is 5.45. The van der Waals surface area contributed by atoms with Crippen molar-refractivity contribution in [1.82, 2.24) is 10.2 Å². The van der Waals surface area contributed by atoms with Gasteiger partial charge in [-0.05, 0) is 48.6 Å². The molecule has 0 amide bonds. The van der Waals surface area contributed by atoms with Gasteiger partial charge in [0.2, 0.25) is 0 Å². The van der Waals surface area contributed by atoms with Crippen molar-refractivity contribution in [3.05, 3.63) is 23.0 Å². The van der Waals surface area contributed by atoms with Crippen molar-refractivity contribution >= 4 is 0 Å². The van der Waals surface area contributed by atoms with Crippen molar-refractivity contribution in [2.75, 3.05) is 0 Å². The van der Waals surface area contributed by atoms with Gasteiger partial charge in [-0.25, -0.2) is 0 Å². The first-order valence-corrected chi connectivity index (χ1v) is 6.90. The fraction of sp³-hybridized carbons (Fsp3) is 0.733. The summed E-state index contributed by atoms with van der Waals surface area (Å²) in [5, 5.41) is 9.08. The van der Waals surface area contributed by atoms with E-state index in [0.29, 0.717) is 5.41 Å². The van der Waals surface area contributed by atoms with Crippen LogP contribution in [0.25, 0.3) is 0 Å². The van der Waals surface area contributed by atoms with E-state index >= 15 is 0 Å². The summed E-state index contributed by atoms with van der Waals surface area (Å²) in [6.07, 6.45) is 5.63. The van der Waals surface area contributed by atoms with Crippen LogP contribution < -0.4 is 0 Å². The summed E-state index contributed by atoms with van der Waals surface area (Å²) in [6.45, 7) is 6.68. The van der Waals surface area contributed by atoms with Gasteiger partial charge < -0.3 is 0 Å². The average molecular weight is 228 g/mol. The Morgan fingerprint density at radius 1 is 1.12 bits per heavy atom. The lowest BCUT2D eigenvalue weighted by molar-refractivity contribution is 0.456. The largest absolute Gasteiger partial charge is 0.155 e. The van der Waals surface area contributed by atoms with E-state index in [0.717, 1.165) is 11.8 Å². The van der Waals surface area contributed by atoms with Crippen LogP contribution in [-0.2, 0) is 5.41 Å². The molecule has 2 heteroatoms. The summed E-state index contributed by atoms with van der Waals surface area (Å²) in [6, 6.07) is 2.37. The second kappa shape index (κ2) is 2.73. The molecule has 0 aromatic carbocycles. The van der Waals surface area contributed by atoms with Gasteiger partial charge in [0, 0.05) is 11.3 Å². The molecule has 3 aliphatic carbocycles. The van der Waals surface area contributed by atoms with Crippen molar-refractivity contribution in [3.63, 3.8) is 0 Å². The maximum atomic E-state index is 4.59. The summed E-state index contributed by atoms with van der Waals surface area (Å²) in [4.78, 5) is 0. The number of hydrogen-bond donors (Lipinski definition) is 0. The number of fused-ring (bicyclic) bond motifs is 3. The second-order valence-corrected chi connectivity index (χ2v) is 7.24. The van der Waals surface area contributed by atoms with Crippen molar-refractivity contribution in [3.8, 4) is 0 Å². The molecule has 0 radical (unpaired) electrons. The van der Waals surface area contributed by atoms with Crippen LogP contribution in [0.3, 0.4) is 0 Å². The standard InChI is InChI=1S/C15H20N2/c1-14(2,3)12-8-9-10-4-5-11(13(9)17-16-12)15(10)6-7-15/h8,10-11H,4-7H2,1-3H3/t10-,11+/m1/s1. The molecule has 3 aliphatic rings. The number of hydrogen-bond acceptors (Lipinski definition) is 2. The third-order valence-electron chi connectivity index (χ3n) is 5.29. The van der Waals surface area contributed by atoms with E-state index in [1.54, 1.807) is 5.56 Å². The maximum Gasteiger partial charge on any atom is 0.0702 e. The van der Waals surface area contributed by atoms with Crippen LogP contribution in [0.2, 0.25) is 0 Å². The summed E-state index contributed by atoms with van der Waals surface area (Å²) in [7, 11) is 0. The smallest absolute Gasteiger partial charge is 0.0702 e. The van der Waals surface area contributed by atoms with Gasteiger partial charge in [-0.1, -0.05) is 20.8 Å². The molecule has 0 N–H and O–H groups in total. The number of aromatic nitrogens is 2. The molecule has 90 valence electrons. The molecule has 1 heterocycles. The van der Waals surface area contributed by atoms with Gasteiger partial charge in [0.05, 0.1) is 11.4 Å². The molecule has 2 saturated carbocycles. The topological polar surface area (TPSA) is 25.8 Å². The highest BCUT2D eigenvalue weighted by Gasteiger charge is 2.64. The predicted octanol–water partition coefficient (Wildman–Crippen LogP) is 3.53. The summed E-state index contributed by atoms with van der Waals surface area (Å²) < 4.78 is 0. The third-order valence-corrected chi connectivity index (χ3v) is 5.29. The lowest BCUT2D eigenvalue weighted by atomic mass is 9.87. The zero-order valence-electron chi connectivity index (χ0n) is 11.0.